The van der Waals surface area contributed by atoms with Gasteiger partial charge in [0.25, 0.3) is 11.8 Å². The van der Waals surface area contributed by atoms with E-state index in [1.165, 1.54) is 0 Å². The summed E-state index contributed by atoms with van der Waals surface area (Å²) in [7, 11) is 1.61. The molecule has 1 heterocycles. The fraction of sp³-hybridized carbons (Fsp3) is 0.222. The monoisotopic (exact) mass is 488 g/mol. The Morgan fingerprint density at radius 3 is 2.20 bits per heavy atom. The molecule has 180 valence electrons. The molecule has 7 nitrogen and oxygen atoms in total. The second-order valence-corrected chi connectivity index (χ2v) is 8.74. The van der Waals surface area contributed by atoms with Crippen LogP contribution in [0.15, 0.2) is 72.8 Å². The van der Waals surface area contributed by atoms with Gasteiger partial charge in [0.05, 0.1) is 7.11 Å². The number of methoxy groups -OCH3 is 1. The lowest BCUT2D eigenvalue weighted by Crippen LogP contribution is -2.48. The topological polar surface area (TPSA) is 73.9 Å². The van der Waals surface area contributed by atoms with E-state index < -0.39 is 0 Å². The summed E-state index contributed by atoms with van der Waals surface area (Å²) >= 11 is 5.30. The van der Waals surface area contributed by atoms with Crippen molar-refractivity contribution in [2.45, 2.75) is 6.92 Å². The van der Waals surface area contributed by atoms with Crippen LogP contribution in [0.5, 0.6) is 5.75 Å². The molecule has 1 fully saturated rings. The van der Waals surface area contributed by atoms with Crippen molar-refractivity contribution in [2.75, 3.05) is 43.5 Å². The van der Waals surface area contributed by atoms with Gasteiger partial charge in [-0.2, -0.15) is 0 Å². The molecule has 0 unspecified atom stereocenters. The smallest absolute Gasteiger partial charge is 0.257 e. The number of thiocarbonyl (C=S) groups is 1. The molecule has 2 amide bonds. The number of carbonyl (C=O) groups excluding carboxylic acids is 2. The van der Waals surface area contributed by atoms with Crippen LogP contribution in [0, 0.1) is 6.92 Å². The molecule has 35 heavy (non-hydrogen) atoms. The van der Waals surface area contributed by atoms with Crippen molar-refractivity contribution in [2.24, 2.45) is 0 Å². The largest absolute Gasteiger partial charge is 0.497 e. The van der Waals surface area contributed by atoms with Gasteiger partial charge in [0.15, 0.2) is 5.11 Å². The van der Waals surface area contributed by atoms with E-state index in [1.54, 1.807) is 37.4 Å². The predicted molar refractivity (Wildman–Crippen MR) is 142 cm³/mol. The minimum atomic E-state index is -0.245. The predicted octanol–water partition coefficient (Wildman–Crippen LogP) is 4.09. The number of aryl methyl sites for hydroxylation is 1. The highest BCUT2D eigenvalue weighted by Gasteiger charge is 2.22. The molecule has 3 aromatic carbocycles. The average Bonchev–Trinajstić information content (AvgIpc) is 2.89. The van der Waals surface area contributed by atoms with Gasteiger partial charge < -0.3 is 19.9 Å². The van der Waals surface area contributed by atoms with Gasteiger partial charge >= 0.3 is 0 Å². The lowest BCUT2D eigenvalue weighted by atomic mass is 10.1. The normalized spacial score (nSPS) is 13.2. The Bertz CT molecular complexity index is 1200. The van der Waals surface area contributed by atoms with Crippen LogP contribution in [0.4, 0.5) is 11.4 Å². The first kappa shape index (κ1) is 24.2. The molecule has 0 aliphatic carbocycles. The quantitative estimate of drug-likeness (QED) is 0.527. The van der Waals surface area contributed by atoms with E-state index in [-0.39, 0.29) is 16.9 Å². The molecule has 2 N–H and O–H groups in total. The summed E-state index contributed by atoms with van der Waals surface area (Å²) in [5.41, 5.74) is 4.10. The van der Waals surface area contributed by atoms with Crippen molar-refractivity contribution in [3.05, 3.63) is 89.5 Å². The lowest BCUT2D eigenvalue weighted by molar-refractivity contribution is 0.0746. The minimum Gasteiger partial charge on any atom is -0.497 e. The minimum absolute atomic E-state index is 0.0353. The van der Waals surface area contributed by atoms with Crippen LogP contribution in [0.3, 0.4) is 0 Å². The zero-order valence-electron chi connectivity index (χ0n) is 19.8. The molecule has 0 atom stereocenters. The summed E-state index contributed by atoms with van der Waals surface area (Å²) in [6, 6.07) is 22.4. The van der Waals surface area contributed by atoms with Crippen LogP contribution in [0.25, 0.3) is 0 Å². The second-order valence-electron chi connectivity index (χ2n) is 8.33. The van der Waals surface area contributed by atoms with Gasteiger partial charge in [-0.25, -0.2) is 0 Å². The molecular weight excluding hydrogens is 460 g/mol. The number of piperazine rings is 1. The van der Waals surface area contributed by atoms with Crippen LogP contribution < -0.4 is 20.3 Å². The van der Waals surface area contributed by atoms with Gasteiger partial charge in [-0.1, -0.05) is 17.7 Å². The summed E-state index contributed by atoms with van der Waals surface area (Å²) < 4.78 is 5.16. The Kier molecular flexibility index (Phi) is 7.62. The highest BCUT2D eigenvalue weighted by Crippen LogP contribution is 2.21. The van der Waals surface area contributed by atoms with Crippen molar-refractivity contribution >= 4 is 40.5 Å². The second kappa shape index (κ2) is 11.0. The zero-order chi connectivity index (χ0) is 24.8. The number of carbonyl (C=O) groups is 2. The van der Waals surface area contributed by atoms with Crippen LogP contribution in [-0.4, -0.2) is 55.1 Å². The van der Waals surface area contributed by atoms with Crippen LogP contribution in [-0.2, 0) is 0 Å². The Hall–Kier alpha value is -3.91. The SMILES string of the molecule is COc1ccc(C(=O)N2CCN(c3ccc(NC(=S)NC(=O)c4cccc(C)c4)cc3)CC2)cc1. The first-order valence-corrected chi connectivity index (χ1v) is 11.8. The molecule has 0 spiro atoms. The third-order valence-corrected chi connectivity index (χ3v) is 6.11. The summed E-state index contributed by atoms with van der Waals surface area (Å²) in [4.78, 5) is 29.3. The molecule has 4 rings (SSSR count). The fourth-order valence-corrected chi connectivity index (χ4v) is 4.17. The third-order valence-electron chi connectivity index (χ3n) is 5.90. The molecule has 1 aliphatic rings. The summed E-state index contributed by atoms with van der Waals surface area (Å²) in [5, 5.41) is 6.01. The summed E-state index contributed by atoms with van der Waals surface area (Å²) in [5.74, 6) is 0.525. The molecular formula is C27H28N4O3S. The number of amides is 2. The van der Waals surface area contributed by atoms with E-state index in [1.807, 2.05) is 54.3 Å². The van der Waals surface area contributed by atoms with E-state index in [0.717, 1.165) is 35.8 Å². The number of ether oxygens (including phenoxy) is 1. The van der Waals surface area contributed by atoms with Gasteiger partial charge in [0.1, 0.15) is 5.75 Å². The van der Waals surface area contributed by atoms with Crippen molar-refractivity contribution < 1.29 is 14.3 Å². The van der Waals surface area contributed by atoms with Gasteiger partial charge in [0, 0.05) is 48.7 Å². The van der Waals surface area contributed by atoms with Crippen molar-refractivity contribution in [3.8, 4) is 5.75 Å². The van der Waals surface area contributed by atoms with Crippen LogP contribution >= 0.6 is 12.2 Å². The van der Waals surface area contributed by atoms with Gasteiger partial charge in [0.2, 0.25) is 0 Å². The molecule has 1 aliphatic heterocycles. The van der Waals surface area contributed by atoms with Crippen molar-refractivity contribution in [3.63, 3.8) is 0 Å². The van der Waals surface area contributed by atoms with E-state index in [0.29, 0.717) is 24.2 Å². The van der Waals surface area contributed by atoms with Gasteiger partial charge in [-0.05, 0) is 79.8 Å². The fourth-order valence-electron chi connectivity index (χ4n) is 3.96. The van der Waals surface area contributed by atoms with E-state index in [4.69, 9.17) is 17.0 Å². The molecule has 0 aromatic heterocycles. The Morgan fingerprint density at radius 1 is 0.886 bits per heavy atom. The number of hydrogen-bond acceptors (Lipinski definition) is 5. The summed E-state index contributed by atoms with van der Waals surface area (Å²) in [6.07, 6.45) is 0. The number of hydrogen-bond donors (Lipinski definition) is 2. The number of anilines is 2. The van der Waals surface area contributed by atoms with Crippen molar-refractivity contribution in [1.82, 2.24) is 10.2 Å². The van der Waals surface area contributed by atoms with Crippen LogP contribution in [0.2, 0.25) is 0 Å². The molecule has 1 saturated heterocycles. The Balaban J connectivity index is 1.27. The van der Waals surface area contributed by atoms with E-state index in [9.17, 15) is 9.59 Å². The maximum Gasteiger partial charge on any atom is 0.257 e. The standard InChI is InChI=1S/C27H28N4O3S/c1-19-4-3-5-21(18-19)25(32)29-27(35)28-22-8-10-23(11-9-22)30-14-16-31(17-15-30)26(33)20-6-12-24(34-2)13-7-20/h3-13,18H,14-17H2,1-2H3,(H2,28,29,32,35). The highest BCUT2D eigenvalue weighted by atomic mass is 32.1. The van der Waals surface area contributed by atoms with E-state index in [2.05, 4.69) is 15.5 Å². The first-order chi connectivity index (χ1) is 16.9. The van der Waals surface area contributed by atoms with E-state index >= 15 is 0 Å². The molecule has 8 heteroatoms. The maximum absolute atomic E-state index is 12.8. The first-order valence-electron chi connectivity index (χ1n) is 11.4. The molecule has 0 radical (unpaired) electrons. The van der Waals surface area contributed by atoms with Gasteiger partial charge in [-0.3, -0.25) is 14.9 Å². The third kappa shape index (κ3) is 6.16. The number of benzene rings is 3. The number of nitrogens with one attached hydrogen (secondary N) is 2. The molecule has 3 aromatic rings. The highest BCUT2D eigenvalue weighted by molar-refractivity contribution is 7.80. The summed E-state index contributed by atoms with van der Waals surface area (Å²) in [6.45, 7) is 4.74. The zero-order valence-corrected chi connectivity index (χ0v) is 20.6. The Labute approximate surface area is 210 Å². The lowest BCUT2D eigenvalue weighted by Gasteiger charge is -2.36. The molecule has 0 saturated carbocycles. The van der Waals surface area contributed by atoms with Crippen molar-refractivity contribution in [1.29, 1.82) is 0 Å². The Morgan fingerprint density at radius 2 is 1.57 bits per heavy atom. The number of rotatable bonds is 5. The van der Waals surface area contributed by atoms with Gasteiger partial charge in [-0.15, -0.1) is 0 Å². The maximum atomic E-state index is 12.8. The van der Waals surface area contributed by atoms with Crippen LogP contribution in [0.1, 0.15) is 26.3 Å². The number of nitrogens with zero attached hydrogens (tertiary/aromatic N) is 2. The molecule has 0 bridgehead atoms. The average molecular weight is 489 g/mol.